The standard InChI is InChI=1S/C18H22I2O6/c1-3-25-15(23)17-7-5-6-8(12(20)13(21)9(6)17)18(17,16(24)26-4-2)10(5)14(22)11(7)19/h5-14,21-22H,3-4H2,1-2H3/t5-,6-,7-,8+,9+,10-,11+,12+,13-,14-,17-,18+/m1/s1. The summed E-state index contributed by atoms with van der Waals surface area (Å²) in [4.78, 5) is 26.9. The summed E-state index contributed by atoms with van der Waals surface area (Å²) < 4.78 is 10.8. The number of hydrogen-bond donors (Lipinski definition) is 2. The molecule has 0 saturated heterocycles. The van der Waals surface area contributed by atoms with Crippen LogP contribution in [0.3, 0.4) is 0 Å². The maximum Gasteiger partial charge on any atom is 0.313 e. The smallest absolute Gasteiger partial charge is 0.313 e. The van der Waals surface area contributed by atoms with Crippen LogP contribution in [0.15, 0.2) is 0 Å². The van der Waals surface area contributed by atoms with Crippen molar-refractivity contribution >= 4 is 57.1 Å². The molecular formula is C18H22I2O6. The van der Waals surface area contributed by atoms with E-state index in [-0.39, 0.29) is 68.5 Å². The molecule has 26 heavy (non-hydrogen) atoms. The molecule has 0 radical (unpaired) electrons. The van der Waals surface area contributed by atoms with Gasteiger partial charge >= 0.3 is 11.9 Å². The van der Waals surface area contributed by atoms with E-state index in [0.717, 1.165) is 0 Å². The molecule has 144 valence electrons. The van der Waals surface area contributed by atoms with Gasteiger partial charge in [-0.3, -0.25) is 9.59 Å². The first-order valence-corrected chi connectivity index (χ1v) is 11.8. The molecule has 0 aromatic carbocycles. The van der Waals surface area contributed by atoms with Gasteiger partial charge in [-0.05, 0) is 37.5 Å². The molecule has 0 aromatic rings. The zero-order valence-corrected chi connectivity index (χ0v) is 18.8. The Balaban J connectivity index is 1.78. The van der Waals surface area contributed by atoms with Crippen molar-refractivity contribution in [1.29, 1.82) is 0 Å². The minimum atomic E-state index is -1.05. The second-order valence-corrected chi connectivity index (χ2v) is 11.2. The van der Waals surface area contributed by atoms with Gasteiger partial charge in [0.25, 0.3) is 0 Å². The normalized spacial score (nSPS) is 60.1. The quantitative estimate of drug-likeness (QED) is 0.292. The molecule has 6 nitrogen and oxygen atoms in total. The summed E-state index contributed by atoms with van der Waals surface area (Å²) in [6.45, 7) is 4.01. The zero-order valence-electron chi connectivity index (χ0n) is 14.5. The Labute approximate surface area is 179 Å². The fourth-order valence-electron chi connectivity index (χ4n) is 8.29. The molecule has 6 fully saturated rings. The number of aliphatic hydroxyl groups excluding tert-OH is 2. The number of hydrogen-bond acceptors (Lipinski definition) is 6. The number of aliphatic hydroxyl groups is 2. The first kappa shape index (κ1) is 18.4. The number of ether oxygens (including phenoxy) is 2. The van der Waals surface area contributed by atoms with Crippen LogP contribution in [0.2, 0.25) is 0 Å². The molecular weight excluding hydrogens is 566 g/mol. The van der Waals surface area contributed by atoms with Gasteiger partial charge in [0, 0.05) is 19.7 Å². The highest BCUT2D eigenvalue weighted by molar-refractivity contribution is 14.1. The van der Waals surface area contributed by atoms with Gasteiger partial charge in [0.2, 0.25) is 0 Å². The maximum absolute atomic E-state index is 13.4. The van der Waals surface area contributed by atoms with Gasteiger partial charge in [0.05, 0.1) is 36.3 Å². The van der Waals surface area contributed by atoms with E-state index >= 15 is 0 Å². The Morgan fingerprint density at radius 2 is 1.15 bits per heavy atom. The van der Waals surface area contributed by atoms with Gasteiger partial charge in [-0.2, -0.15) is 0 Å². The van der Waals surface area contributed by atoms with E-state index in [2.05, 4.69) is 45.2 Å². The highest BCUT2D eigenvalue weighted by Gasteiger charge is 3.00. The molecule has 6 rings (SSSR count). The van der Waals surface area contributed by atoms with Crippen LogP contribution in [0.4, 0.5) is 0 Å². The van der Waals surface area contributed by atoms with Crippen LogP contribution in [-0.4, -0.2) is 55.4 Å². The van der Waals surface area contributed by atoms with E-state index in [1.807, 2.05) is 0 Å². The number of esters is 2. The topological polar surface area (TPSA) is 93.1 Å². The molecule has 0 unspecified atom stereocenters. The largest absolute Gasteiger partial charge is 0.466 e. The van der Waals surface area contributed by atoms with Crippen LogP contribution >= 0.6 is 45.2 Å². The fraction of sp³-hybridized carbons (Fsp3) is 0.889. The molecule has 0 aliphatic heterocycles. The van der Waals surface area contributed by atoms with Crippen LogP contribution in [0.25, 0.3) is 0 Å². The Morgan fingerprint density at radius 3 is 1.46 bits per heavy atom. The highest BCUT2D eigenvalue weighted by Crippen LogP contribution is 2.93. The average Bonchev–Trinajstić information content (AvgIpc) is 3.34. The Bertz CT molecular complexity index is 607. The third kappa shape index (κ3) is 1.46. The van der Waals surface area contributed by atoms with Crippen LogP contribution in [0, 0.1) is 46.3 Å². The molecule has 6 saturated carbocycles. The molecule has 8 heteroatoms. The van der Waals surface area contributed by atoms with Gasteiger partial charge < -0.3 is 19.7 Å². The van der Waals surface area contributed by atoms with Gasteiger partial charge in [-0.25, -0.2) is 0 Å². The molecule has 0 amide bonds. The molecule has 0 spiro atoms. The van der Waals surface area contributed by atoms with Crippen LogP contribution in [0.5, 0.6) is 0 Å². The summed E-state index contributed by atoms with van der Waals surface area (Å²) in [6, 6.07) is 0. The first-order chi connectivity index (χ1) is 12.3. The summed E-state index contributed by atoms with van der Waals surface area (Å²) in [5.74, 6) is -1.35. The molecule has 6 aliphatic carbocycles. The molecule has 8 bridgehead atoms. The molecule has 0 heterocycles. The van der Waals surface area contributed by atoms with Crippen molar-refractivity contribution in [3.63, 3.8) is 0 Å². The molecule has 2 N–H and O–H groups in total. The summed E-state index contributed by atoms with van der Waals surface area (Å²) in [7, 11) is 0. The maximum atomic E-state index is 13.4. The lowest BCUT2D eigenvalue weighted by molar-refractivity contribution is -0.207. The number of alkyl halides is 2. The van der Waals surface area contributed by atoms with Gasteiger partial charge in [0.1, 0.15) is 0 Å². The SMILES string of the molecule is CCOC(=O)[C@]12[C@@H]3[C@H](I)[C@H](O)[C@@H]4[C@@H]3[C@H]3[C@@H]1[C@@H](O)[C@@H](I)[C@@H]3[C@]42C(=O)OCC. The summed E-state index contributed by atoms with van der Waals surface area (Å²) in [5, 5.41) is 21.9. The second-order valence-electron chi connectivity index (χ2n) is 8.31. The van der Waals surface area contributed by atoms with Gasteiger partial charge in [0.15, 0.2) is 0 Å². The minimum Gasteiger partial charge on any atom is -0.466 e. The molecule has 12 atom stereocenters. The zero-order chi connectivity index (χ0) is 18.8. The number of halogens is 2. The van der Waals surface area contributed by atoms with E-state index < -0.39 is 23.0 Å². The third-order valence-corrected chi connectivity index (χ3v) is 11.2. The lowest BCUT2D eigenvalue weighted by atomic mass is 9.49. The summed E-state index contributed by atoms with van der Waals surface area (Å²) in [5.41, 5.74) is -2.10. The molecule has 6 aliphatic rings. The van der Waals surface area contributed by atoms with Gasteiger partial charge in [-0.1, -0.05) is 45.2 Å². The number of carbonyl (C=O) groups is 2. The van der Waals surface area contributed by atoms with E-state index in [4.69, 9.17) is 9.47 Å². The third-order valence-electron chi connectivity index (χ3n) is 8.19. The Kier molecular flexibility index (Phi) is 3.86. The molecule has 0 aromatic heterocycles. The fourth-order valence-corrected chi connectivity index (χ4v) is 11.3. The summed E-state index contributed by atoms with van der Waals surface area (Å²) >= 11 is 4.47. The van der Waals surface area contributed by atoms with Gasteiger partial charge in [-0.15, -0.1) is 0 Å². The Hall–Kier alpha value is 0.320. The van der Waals surface area contributed by atoms with Crippen LogP contribution in [-0.2, 0) is 19.1 Å². The van der Waals surface area contributed by atoms with Crippen LogP contribution < -0.4 is 0 Å². The predicted molar refractivity (Wildman–Crippen MR) is 107 cm³/mol. The number of carbonyl (C=O) groups excluding carboxylic acids is 2. The number of rotatable bonds is 4. The predicted octanol–water partition coefficient (Wildman–Crippen LogP) is 1.18. The Morgan fingerprint density at radius 1 is 0.808 bits per heavy atom. The van der Waals surface area contributed by atoms with Crippen molar-refractivity contribution in [1.82, 2.24) is 0 Å². The average molecular weight is 588 g/mol. The lowest BCUT2D eigenvalue weighted by Crippen LogP contribution is -2.68. The van der Waals surface area contributed by atoms with E-state index in [9.17, 15) is 19.8 Å². The van der Waals surface area contributed by atoms with Crippen molar-refractivity contribution in [2.45, 2.75) is 33.9 Å². The monoisotopic (exact) mass is 588 g/mol. The highest BCUT2D eigenvalue weighted by atomic mass is 127. The van der Waals surface area contributed by atoms with Crippen molar-refractivity contribution in [2.24, 2.45) is 46.3 Å². The van der Waals surface area contributed by atoms with E-state index in [0.29, 0.717) is 0 Å². The summed E-state index contributed by atoms with van der Waals surface area (Å²) in [6.07, 6.45) is -1.24. The minimum absolute atomic E-state index is 0.0881. The van der Waals surface area contributed by atoms with Crippen molar-refractivity contribution in [3.05, 3.63) is 0 Å². The lowest BCUT2D eigenvalue weighted by Gasteiger charge is -2.56. The van der Waals surface area contributed by atoms with Crippen LogP contribution in [0.1, 0.15) is 13.8 Å². The van der Waals surface area contributed by atoms with E-state index in [1.165, 1.54) is 0 Å². The first-order valence-electron chi connectivity index (χ1n) is 9.33. The van der Waals surface area contributed by atoms with Crippen molar-refractivity contribution < 1.29 is 29.3 Å². The second kappa shape index (κ2) is 5.47. The van der Waals surface area contributed by atoms with Crippen molar-refractivity contribution in [3.8, 4) is 0 Å². The van der Waals surface area contributed by atoms with Crippen molar-refractivity contribution in [2.75, 3.05) is 13.2 Å². The van der Waals surface area contributed by atoms with E-state index in [1.54, 1.807) is 13.8 Å².